The summed E-state index contributed by atoms with van der Waals surface area (Å²) in [6.07, 6.45) is 0. The molecule has 0 fully saturated rings. The Morgan fingerprint density at radius 1 is 0.227 bits per heavy atom. The molecule has 0 aliphatic carbocycles. The van der Waals surface area contributed by atoms with E-state index in [0.29, 0.717) is 5.82 Å². The summed E-state index contributed by atoms with van der Waals surface area (Å²) < 4.78 is 5.54. The molecule has 5 heterocycles. The number of benzene rings is 13. The third-order valence-corrected chi connectivity index (χ3v) is 25.8. The van der Waals surface area contributed by atoms with E-state index in [1.165, 1.54) is 127 Å². The van der Waals surface area contributed by atoms with Crippen LogP contribution in [0.25, 0.3) is 156 Å². The highest BCUT2D eigenvalue weighted by atomic mass is 15.0. The monoisotopic (exact) mass is 1550 g/mol. The average Bonchev–Trinajstić information content (AvgIpc) is 1.51. The van der Waals surface area contributed by atoms with Crippen molar-refractivity contribution in [3.63, 3.8) is 0 Å². The van der Waals surface area contributed by atoms with Crippen molar-refractivity contribution >= 4 is 66.7 Å². The van der Waals surface area contributed by atoms with E-state index in [9.17, 15) is 0 Å². The van der Waals surface area contributed by atoms with Gasteiger partial charge in [0, 0.05) is 49.6 Å². The molecule has 16 aromatic rings. The quantitative estimate of drug-likeness (QED) is 0.135. The summed E-state index contributed by atoms with van der Waals surface area (Å²) in [5.74, 6) is 0.643. The molecule has 0 bridgehead atoms. The number of aromatic nitrogens is 4. The lowest BCUT2D eigenvalue weighted by atomic mass is 9.34. The number of fused-ring (bicyclic) bond motifs is 10. The smallest absolute Gasteiger partial charge is 0.252 e. The van der Waals surface area contributed by atoms with E-state index in [1.54, 1.807) is 0 Å². The van der Waals surface area contributed by atoms with Crippen molar-refractivity contribution in [2.45, 2.75) is 209 Å². The van der Waals surface area contributed by atoms with E-state index in [2.05, 4.69) is 436 Å². The minimum absolute atomic E-state index is 0.121. The van der Waals surface area contributed by atoms with Crippen LogP contribution in [0.2, 0.25) is 0 Å². The molecule has 13 aromatic carbocycles. The fraction of sp³-hybridized carbons (Fsp3) is 0.281. The Balaban J connectivity index is 1.06. The maximum atomic E-state index is 6.15. The van der Waals surface area contributed by atoms with Gasteiger partial charge in [-0.2, -0.15) is 0 Å². The van der Waals surface area contributed by atoms with Gasteiger partial charge >= 0.3 is 0 Å². The highest BCUT2D eigenvalue weighted by Crippen LogP contribution is 2.52. The van der Waals surface area contributed by atoms with E-state index in [0.717, 1.165) is 84.0 Å². The van der Waals surface area contributed by atoms with Crippen molar-refractivity contribution in [3.05, 3.63) is 305 Å². The third kappa shape index (κ3) is 13.8. The Morgan fingerprint density at radius 3 is 0.815 bits per heavy atom. The predicted molar refractivity (Wildman–Crippen MR) is 514 cm³/mol. The molecule has 119 heavy (non-hydrogen) atoms. The number of hydrogen-bond donors (Lipinski definition) is 0. The zero-order chi connectivity index (χ0) is 84.1. The highest BCUT2D eigenvalue weighted by Gasteiger charge is 2.45. The number of rotatable bonds is 9. The van der Waals surface area contributed by atoms with Crippen molar-refractivity contribution in [1.82, 2.24) is 19.1 Å². The van der Waals surface area contributed by atoms with Gasteiger partial charge in [0.1, 0.15) is 0 Å². The van der Waals surface area contributed by atoms with Crippen LogP contribution in [0, 0.1) is 0 Å². The molecule has 0 atom stereocenters. The predicted octanol–water partition coefficient (Wildman–Crippen LogP) is 29.2. The lowest BCUT2D eigenvalue weighted by molar-refractivity contribution is 0.568. The summed E-state index contributed by atoms with van der Waals surface area (Å²) in [4.78, 5) is 12.1. The molecule has 0 unspecified atom stereocenters. The Labute approximate surface area is 708 Å². The first-order valence-electron chi connectivity index (χ1n) is 43.3. The molecule has 0 N–H and O–H groups in total. The minimum Gasteiger partial charge on any atom is -0.310 e. The topological polar surface area (TPSA) is 35.6 Å². The zero-order valence-electron chi connectivity index (χ0n) is 74.7. The molecular formula is C114H115BN4. The van der Waals surface area contributed by atoms with Gasteiger partial charge < -0.3 is 9.13 Å². The van der Waals surface area contributed by atoms with Crippen LogP contribution in [0.1, 0.15) is 211 Å². The maximum absolute atomic E-state index is 6.15. The van der Waals surface area contributed by atoms with Crippen molar-refractivity contribution in [1.29, 1.82) is 0 Å². The second-order valence-electron chi connectivity index (χ2n) is 42.8. The van der Waals surface area contributed by atoms with Crippen molar-refractivity contribution in [2.75, 3.05) is 0 Å². The van der Waals surface area contributed by atoms with Crippen LogP contribution in [0.4, 0.5) is 0 Å². The molecule has 0 spiro atoms. The zero-order valence-corrected chi connectivity index (χ0v) is 74.7. The number of nitrogens with zero attached hydrogens (tertiary/aromatic N) is 4. The molecule has 4 nitrogen and oxygen atoms in total. The summed E-state index contributed by atoms with van der Waals surface area (Å²) >= 11 is 0. The largest absolute Gasteiger partial charge is 0.310 e. The van der Waals surface area contributed by atoms with E-state index in [1.807, 2.05) is 0 Å². The van der Waals surface area contributed by atoms with Crippen LogP contribution < -0.4 is 16.4 Å². The highest BCUT2D eigenvalue weighted by molar-refractivity contribution is 7.00. The van der Waals surface area contributed by atoms with Gasteiger partial charge in [0.15, 0.2) is 5.82 Å². The fourth-order valence-corrected chi connectivity index (χ4v) is 18.9. The van der Waals surface area contributed by atoms with E-state index in [-0.39, 0.29) is 50.0 Å². The number of hydrogen-bond acceptors (Lipinski definition) is 2. The molecule has 2 aliphatic heterocycles. The SMILES string of the molecule is CC(C)(C)c1cc(-c2ccc3c4c2c2c(C(C)(C)C)cc(C(C)(C)C)cc2n4-c2cc(-c4cc(-c5cc(-c6ccccc6)cc(-c6ccccc6)c5)nc(-c5cc(-c6ccccc6)cc(-c6ccccc6)c5)n4)cc4c2B3c2ccc(-c3cc(C(C)(C)C)cc(C(C)(C)C)c3)c3c5c(C(C)(C)C)cc(C(C)(C)C)cc5n-4c23)cc(C(C)(C)C)c1. The van der Waals surface area contributed by atoms with Gasteiger partial charge in [0.25, 0.3) is 6.71 Å². The summed E-state index contributed by atoms with van der Waals surface area (Å²) in [5, 5.41) is 5.22. The molecule has 0 radical (unpaired) electrons. The first-order chi connectivity index (χ1) is 56.0. The van der Waals surface area contributed by atoms with Crippen molar-refractivity contribution in [2.24, 2.45) is 0 Å². The summed E-state index contributed by atoms with van der Waals surface area (Å²) in [6.45, 7) is 57.4. The summed E-state index contributed by atoms with van der Waals surface area (Å²) in [5.41, 5.74) is 38.9. The van der Waals surface area contributed by atoms with E-state index in [4.69, 9.17) is 9.97 Å². The van der Waals surface area contributed by atoms with Crippen LogP contribution in [-0.4, -0.2) is 25.8 Å². The molecule has 594 valence electrons. The second kappa shape index (κ2) is 27.6. The third-order valence-electron chi connectivity index (χ3n) is 25.8. The van der Waals surface area contributed by atoms with Crippen LogP contribution in [-0.2, 0) is 43.3 Å². The van der Waals surface area contributed by atoms with E-state index >= 15 is 0 Å². The maximum Gasteiger partial charge on any atom is 0.252 e. The molecule has 18 rings (SSSR count). The first-order valence-corrected chi connectivity index (χ1v) is 43.3. The van der Waals surface area contributed by atoms with Gasteiger partial charge in [-0.15, -0.1) is 0 Å². The van der Waals surface area contributed by atoms with Crippen LogP contribution >= 0.6 is 0 Å². The van der Waals surface area contributed by atoms with Crippen LogP contribution in [0.3, 0.4) is 0 Å². The first kappa shape index (κ1) is 78.8. The van der Waals surface area contributed by atoms with Gasteiger partial charge in [-0.25, -0.2) is 9.97 Å². The van der Waals surface area contributed by atoms with Gasteiger partial charge in [-0.05, 0) is 238 Å². The minimum atomic E-state index is -0.275. The van der Waals surface area contributed by atoms with Gasteiger partial charge in [-0.3, -0.25) is 0 Å². The van der Waals surface area contributed by atoms with Crippen LogP contribution in [0.5, 0.6) is 0 Å². The average molecular weight is 1550 g/mol. The lowest BCUT2D eigenvalue weighted by Gasteiger charge is -2.35. The Morgan fingerprint density at radius 2 is 0.513 bits per heavy atom. The lowest BCUT2D eigenvalue weighted by Crippen LogP contribution is -2.59. The molecule has 3 aromatic heterocycles. The molecular weight excluding hydrogens is 1440 g/mol. The summed E-state index contributed by atoms with van der Waals surface area (Å²) in [7, 11) is 0. The molecule has 0 saturated carbocycles. The molecule has 0 amide bonds. The fourth-order valence-electron chi connectivity index (χ4n) is 18.9. The summed E-state index contributed by atoms with van der Waals surface area (Å²) in [6, 6.07) is 100. The Kier molecular flexibility index (Phi) is 18.3. The van der Waals surface area contributed by atoms with Crippen molar-refractivity contribution in [3.8, 4) is 112 Å². The Hall–Kier alpha value is -11.4. The molecule has 5 heteroatoms. The van der Waals surface area contributed by atoms with Gasteiger partial charge in [-0.1, -0.05) is 360 Å². The van der Waals surface area contributed by atoms with E-state index < -0.39 is 0 Å². The standard InChI is InChI=1S/C114H115BN4/c1-107(2,3)81-55-76(56-82(61-81)108(4,5)6)87-45-47-91-104-99(87)101-89(113(19,20)21)63-85(111(13,14)15)65-95(101)118(104)97-59-79(60-98-103(97)115(91)92-48-46-88(77-57-83(109(7,8)9)62-84(58-77)110(10,11)12)100-102-90(114(22,23)24)64-86(112(16,17)18)66-96(102)119(98)105(92)100)94-67-93(78-51-72(68-37-29-25-30-38-68)49-73(52-78)69-39-31-26-32-40-69)116-106(117-94)80-53-74(70-41-33-27-34-42-70)50-75(54-80)71-43-35-28-36-44-71/h25-67H,1-24H3. The Bertz CT molecular complexity index is 6220. The normalized spacial score (nSPS) is 13.4. The van der Waals surface area contributed by atoms with Gasteiger partial charge in [0.2, 0.25) is 0 Å². The second-order valence-corrected chi connectivity index (χ2v) is 42.8. The van der Waals surface area contributed by atoms with Crippen molar-refractivity contribution < 1.29 is 0 Å². The molecule has 2 aliphatic rings. The van der Waals surface area contributed by atoms with Crippen LogP contribution in [0.15, 0.2) is 261 Å². The molecule has 0 saturated heterocycles. The van der Waals surface area contributed by atoms with Gasteiger partial charge in [0.05, 0.1) is 33.5 Å².